The van der Waals surface area contributed by atoms with Gasteiger partial charge >= 0.3 is 12.1 Å². The van der Waals surface area contributed by atoms with Crippen LogP contribution in [0.5, 0.6) is 0 Å². The van der Waals surface area contributed by atoms with Gasteiger partial charge in [-0.3, -0.25) is 9.59 Å². The molecule has 1 amide bonds. The number of carbonyl (C=O) groups is 2. The van der Waals surface area contributed by atoms with Crippen molar-refractivity contribution in [3.8, 4) is 5.69 Å². The van der Waals surface area contributed by atoms with Gasteiger partial charge in [-0.15, -0.1) is 0 Å². The van der Waals surface area contributed by atoms with Crippen molar-refractivity contribution < 1.29 is 27.9 Å². The Labute approximate surface area is 133 Å². The van der Waals surface area contributed by atoms with Gasteiger partial charge in [0.15, 0.2) is 0 Å². The molecule has 1 aromatic carbocycles. The predicted molar refractivity (Wildman–Crippen MR) is 76.5 cm³/mol. The van der Waals surface area contributed by atoms with Crippen LogP contribution in [0.4, 0.5) is 18.9 Å². The number of carbonyl (C=O) groups excluding carboxylic acids is 1. The van der Waals surface area contributed by atoms with Crippen LogP contribution in [-0.2, 0) is 15.8 Å². The Kier molecular flexibility index (Phi) is 3.58. The van der Waals surface area contributed by atoms with E-state index in [0.29, 0.717) is 5.69 Å². The highest BCUT2D eigenvalue weighted by atomic mass is 19.4. The summed E-state index contributed by atoms with van der Waals surface area (Å²) in [7, 11) is 0. The highest BCUT2D eigenvalue weighted by Gasteiger charge is 2.57. The maximum Gasteiger partial charge on any atom is 0.433 e. The van der Waals surface area contributed by atoms with Gasteiger partial charge < -0.3 is 10.4 Å². The van der Waals surface area contributed by atoms with Crippen LogP contribution in [0.25, 0.3) is 5.69 Å². The SMILES string of the molecule is O=C(O)C1(C(=O)Nc2ccc(-n3nccc3C(F)(F)F)cc2)CC1. The molecule has 2 aromatic rings. The summed E-state index contributed by atoms with van der Waals surface area (Å²) in [6, 6.07) is 6.37. The lowest BCUT2D eigenvalue weighted by Gasteiger charge is -2.13. The number of halogens is 3. The number of nitrogens with zero attached hydrogens (tertiary/aromatic N) is 2. The minimum absolute atomic E-state index is 0.171. The topological polar surface area (TPSA) is 84.2 Å². The minimum Gasteiger partial charge on any atom is -0.480 e. The summed E-state index contributed by atoms with van der Waals surface area (Å²) in [5.74, 6) is -1.80. The second-order valence-corrected chi connectivity index (χ2v) is 5.51. The van der Waals surface area contributed by atoms with E-state index >= 15 is 0 Å². The molecular formula is C15H12F3N3O3. The van der Waals surface area contributed by atoms with Gasteiger partial charge in [-0.1, -0.05) is 0 Å². The molecular weight excluding hydrogens is 327 g/mol. The van der Waals surface area contributed by atoms with E-state index in [9.17, 15) is 22.8 Å². The Balaban J connectivity index is 1.79. The Hall–Kier alpha value is -2.84. The Bertz CT molecular complexity index is 792. The lowest BCUT2D eigenvalue weighted by Crippen LogP contribution is -2.31. The maximum atomic E-state index is 12.9. The largest absolute Gasteiger partial charge is 0.480 e. The summed E-state index contributed by atoms with van der Waals surface area (Å²) in [6.45, 7) is 0. The van der Waals surface area contributed by atoms with Crippen LogP contribution >= 0.6 is 0 Å². The molecule has 0 bridgehead atoms. The van der Waals surface area contributed by atoms with Gasteiger partial charge in [-0.25, -0.2) is 4.68 Å². The Morgan fingerprint density at radius 2 is 1.79 bits per heavy atom. The van der Waals surface area contributed by atoms with Crippen molar-refractivity contribution >= 4 is 17.6 Å². The van der Waals surface area contributed by atoms with Crippen molar-refractivity contribution in [2.24, 2.45) is 5.41 Å². The molecule has 1 aliphatic carbocycles. The number of rotatable bonds is 4. The second kappa shape index (κ2) is 5.36. The summed E-state index contributed by atoms with van der Waals surface area (Å²) in [5, 5.41) is 15.2. The number of hydrogen-bond acceptors (Lipinski definition) is 3. The standard InChI is InChI=1S/C15H12F3N3O3/c16-15(17,18)11-5-8-19-21(11)10-3-1-9(2-4-10)20-12(22)14(6-7-14)13(23)24/h1-5,8H,6-7H2,(H,20,22)(H,23,24). The smallest absolute Gasteiger partial charge is 0.433 e. The zero-order chi connectivity index (χ0) is 17.5. The summed E-state index contributed by atoms with van der Waals surface area (Å²) >= 11 is 0. The van der Waals surface area contributed by atoms with E-state index in [2.05, 4.69) is 10.4 Å². The highest BCUT2D eigenvalue weighted by Crippen LogP contribution is 2.46. The Morgan fingerprint density at radius 3 is 2.29 bits per heavy atom. The third-order valence-corrected chi connectivity index (χ3v) is 3.90. The van der Waals surface area contributed by atoms with Gasteiger partial charge in [0.2, 0.25) is 5.91 Å². The number of carboxylic acid groups (broad SMARTS) is 1. The average molecular weight is 339 g/mol. The van der Waals surface area contributed by atoms with Gasteiger partial charge in [-0.2, -0.15) is 18.3 Å². The number of alkyl halides is 3. The normalized spacial score (nSPS) is 15.8. The fourth-order valence-corrected chi connectivity index (χ4v) is 2.32. The average Bonchev–Trinajstić information content (AvgIpc) is 3.18. The molecule has 1 fully saturated rings. The van der Waals surface area contributed by atoms with E-state index in [-0.39, 0.29) is 18.5 Å². The van der Waals surface area contributed by atoms with Gasteiger partial charge in [0.25, 0.3) is 0 Å². The quantitative estimate of drug-likeness (QED) is 0.839. The fourth-order valence-electron chi connectivity index (χ4n) is 2.32. The molecule has 1 aromatic heterocycles. The van der Waals surface area contributed by atoms with E-state index in [1.165, 1.54) is 24.3 Å². The van der Waals surface area contributed by atoms with Gasteiger partial charge in [0, 0.05) is 5.69 Å². The molecule has 0 aliphatic heterocycles. The first-order valence-electron chi connectivity index (χ1n) is 7.00. The Morgan fingerprint density at radius 1 is 1.17 bits per heavy atom. The first-order chi connectivity index (χ1) is 11.2. The number of carboxylic acids is 1. The van der Waals surface area contributed by atoms with E-state index in [4.69, 9.17) is 5.11 Å². The van der Waals surface area contributed by atoms with Crippen molar-refractivity contribution in [2.75, 3.05) is 5.32 Å². The summed E-state index contributed by atoms with van der Waals surface area (Å²) in [5.41, 5.74) is -1.83. The molecule has 3 rings (SSSR count). The molecule has 9 heteroatoms. The number of amides is 1. The molecule has 0 spiro atoms. The number of anilines is 1. The third-order valence-electron chi connectivity index (χ3n) is 3.90. The molecule has 6 nitrogen and oxygen atoms in total. The molecule has 126 valence electrons. The van der Waals surface area contributed by atoms with Crippen molar-refractivity contribution in [2.45, 2.75) is 19.0 Å². The van der Waals surface area contributed by atoms with E-state index in [1.807, 2.05) is 0 Å². The summed E-state index contributed by atoms with van der Waals surface area (Å²) < 4.78 is 39.3. The van der Waals surface area contributed by atoms with Crippen LogP contribution in [0.3, 0.4) is 0 Å². The number of benzene rings is 1. The van der Waals surface area contributed by atoms with Crippen molar-refractivity contribution in [3.05, 3.63) is 42.2 Å². The molecule has 0 atom stereocenters. The zero-order valence-electron chi connectivity index (χ0n) is 12.2. The van der Waals surface area contributed by atoms with E-state index in [0.717, 1.165) is 16.9 Å². The molecule has 0 saturated heterocycles. The van der Waals surface area contributed by atoms with Gasteiger partial charge in [0.05, 0.1) is 11.9 Å². The monoisotopic (exact) mass is 339 g/mol. The van der Waals surface area contributed by atoms with Crippen molar-refractivity contribution in [1.29, 1.82) is 0 Å². The first kappa shape index (κ1) is 16.0. The number of hydrogen-bond donors (Lipinski definition) is 2. The predicted octanol–water partition coefficient (Wildman–Crippen LogP) is 2.69. The molecule has 2 N–H and O–H groups in total. The summed E-state index contributed by atoms with van der Waals surface area (Å²) in [4.78, 5) is 23.1. The van der Waals surface area contributed by atoms with Gasteiger partial charge in [0.1, 0.15) is 11.1 Å². The number of nitrogens with one attached hydrogen (secondary N) is 1. The molecule has 1 heterocycles. The number of aliphatic carboxylic acids is 1. The van der Waals surface area contributed by atoms with Gasteiger partial charge in [-0.05, 0) is 43.2 Å². The van der Waals surface area contributed by atoms with Crippen LogP contribution in [0.15, 0.2) is 36.5 Å². The van der Waals surface area contributed by atoms with Crippen LogP contribution in [-0.4, -0.2) is 26.8 Å². The second-order valence-electron chi connectivity index (χ2n) is 5.51. The van der Waals surface area contributed by atoms with Crippen LogP contribution in [0.2, 0.25) is 0 Å². The van der Waals surface area contributed by atoms with E-state index in [1.54, 1.807) is 0 Å². The molecule has 0 unspecified atom stereocenters. The maximum absolute atomic E-state index is 12.9. The fraction of sp³-hybridized carbons (Fsp3) is 0.267. The lowest BCUT2D eigenvalue weighted by molar-refractivity contribution is -0.147. The van der Waals surface area contributed by atoms with Crippen molar-refractivity contribution in [1.82, 2.24) is 9.78 Å². The number of aromatic nitrogens is 2. The highest BCUT2D eigenvalue weighted by molar-refractivity contribution is 6.10. The lowest BCUT2D eigenvalue weighted by atomic mass is 10.1. The van der Waals surface area contributed by atoms with Crippen LogP contribution in [0.1, 0.15) is 18.5 Å². The molecule has 0 radical (unpaired) electrons. The third kappa shape index (κ3) is 2.72. The first-order valence-corrected chi connectivity index (χ1v) is 7.00. The van der Waals surface area contributed by atoms with Crippen LogP contribution < -0.4 is 5.32 Å². The molecule has 1 saturated carbocycles. The van der Waals surface area contributed by atoms with Crippen molar-refractivity contribution in [3.63, 3.8) is 0 Å². The van der Waals surface area contributed by atoms with Crippen LogP contribution in [0, 0.1) is 5.41 Å². The zero-order valence-corrected chi connectivity index (χ0v) is 12.2. The minimum atomic E-state index is -4.54. The summed E-state index contributed by atoms with van der Waals surface area (Å²) in [6.07, 6.45) is -2.95. The molecule has 24 heavy (non-hydrogen) atoms. The molecule has 1 aliphatic rings. The van der Waals surface area contributed by atoms with E-state index < -0.39 is 29.2 Å².